The van der Waals surface area contributed by atoms with Gasteiger partial charge in [-0.25, -0.2) is 0 Å². The third-order valence-electron chi connectivity index (χ3n) is 4.13. The first-order valence-electron chi connectivity index (χ1n) is 7.24. The molecule has 1 aromatic rings. The van der Waals surface area contributed by atoms with Crippen LogP contribution in [0.1, 0.15) is 45.1 Å². The van der Waals surface area contributed by atoms with Gasteiger partial charge in [0, 0.05) is 24.8 Å². The normalized spacial score (nSPS) is 16.9. The monoisotopic (exact) mass is 246 g/mol. The Bertz CT molecular complexity index is 367. The van der Waals surface area contributed by atoms with E-state index < -0.39 is 0 Å². The molecular formula is C16H26N2. The van der Waals surface area contributed by atoms with Crippen LogP contribution in [0.5, 0.6) is 0 Å². The molecule has 1 aliphatic rings. The highest BCUT2D eigenvalue weighted by Crippen LogP contribution is 2.27. The number of benzene rings is 1. The van der Waals surface area contributed by atoms with Crippen LogP contribution < -0.4 is 5.73 Å². The summed E-state index contributed by atoms with van der Waals surface area (Å²) in [6.07, 6.45) is 5.66. The molecule has 1 saturated carbocycles. The third-order valence-corrected chi connectivity index (χ3v) is 4.13. The fraction of sp³-hybridized carbons (Fsp3) is 0.625. The number of nitrogen functional groups attached to an aromatic ring is 1. The molecule has 1 aliphatic carbocycles. The highest BCUT2D eigenvalue weighted by Gasteiger charge is 2.20. The fourth-order valence-corrected chi connectivity index (χ4v) is 2.88. The summed E-state index contributed by atoms with van der Waals surface area (Å²) < 4.78 is 0. The first-order valence-corrected chi connectivity index (χ1v) is 7.24. The standard InChI is InChI=1S/C16H26N2/c1-13(2)18(11-14-7-3-4-8-14)12-15-9-5-6-10-16(15)17/h5-6,9-10,13-14H,3-4,7-8,11-12,17H2,1-2H3. The van der Waals surface area contributed by atoms with Crippen molar-refractivity contribution in [2.75, 3.05) is 12.3 Å². The maximum atomic E-state index is 6.05. The Balaban J connectivity index is 1.99. The Morgan fingerprint density at radius 3 is 2.50 bits per heavy atom. The molecule has 0 atom stereocenters. The summed E-state index contributed by atoms with van der Waals surface area (Å²) in [5.41, 5.74) is 8.24. The minimum Gasteiger partial charge on any atom is -0.398 e. The Morgan fingerprint density at radius 1 is 1.22 bits per heavy atom. The van der Waals surface area contributed by atoms with E-state index in [-0.39, 0.29) is 0 Å². The molecule has 0 heterocycles. The van der Waals surface area contributed by atoms with E-state index >= 15 is 0 Å². The Labute approximate surface area is 111 Å². The largest absolute Gasteiger partial charge is 0.398 e. The minimum absolute atomic E-state index is 0.588. The smallest absolute Gasteiger partial charge is 0.0359 e. The molecule has 2 rings (SSSR count). The van der Waals surface area contributed by atoms with Crippen LogP contribution >= 0.6 is 0 Å². The third kappa shape index (κ3) is 3.49. The molecule has 0 bridgehead atoms. The number of para-hydroxylation sites is 1. The van der Waals surface area contributed by atoms with Gasteiger partial charge in [-0.15, -0.1) is 0 Å². The van der Waals surface area contributed by atoms with Gasteiger partial charge in [-0.1, -0.05) is 31.0 Å². The molecule has 1 aromatic carbocycles. The van der Waals surface area contributed by atoms with Gasteiger partial charge < -0.3 is 5.73 Å². The van der Waals surface area contributed by atoms with Gasteiger partial charge in [0.2, 0.25) is 0 Å². The van der Waals surface area contributed by atoms with Crippen molar-refractivity contribution in [3.05, 3.63) is 29.8 Å². The van der Waals surface area contributed by atoms with Gasteiger partial charge in [0.25, 0.3) is 0 Å². The van der Waals surface area contributed by atoms with Gasteiger partial charge in [-0.2, -0.15) is 0 Å². The number of nitrogens with zero attached hydrogens (tertiary/aromatic N) is 1. The fourth-order valence-electron chi connectivity index (χ4n) is 2.88. The molecule has 0 aliphatic heterocycles. The molecule has 100 valence electrons. The van der Waals surface area contributed by atoms with Gasteiger partial charge in [0.1, 0.15) is 0 Å². The first-order chi connectivity index (χ1) is 8.66. The van der Waals surface area contributed by atoms with Gasteiger partial charge in [-0.05, 0) is 44.2 Å². The van der Waals surface area contributed by atoms with E-state index in [1.54, 1.807) is 0 Å². The van der Waals surface area contributed by atoms with Gasteiger partial charge in [0.15, 0.2) is 0 Å². The van der Waals surface area contributed by atoms with Crippen LogP contribution in [0.25, 0.3) is 0 Å². The van der Waals surface area contributed by atoms with Crippen LogP contribution in [0, 0.1) is 5.92 Å². The maximum Gasteiger partial charge on any atom is 0.0359 e. The van der Waals surface area contributed by atoms with Crippen molar-refractivity contribution in [2.24, 2.45) is 5.92 Å². The van der Waals surface area contributed by atoms with E-state index in [1.807, 2.05) is 12.1 Å². The van der Waals surface area contributed by atoms with Crippen molar-refractivity contribution < 1.29 is 0 Å². The zero-order valence-electron chi connectivity index (χ0n) is 11.7. The van der Waals surface area contributed by atoms with Crippen molar-refractivity contribution in [3.8, 4) is 0 Å². The van der Waals surface area contributed by atoms with Crippen LogP contribution in [0.3, 0.4) is 0 Å². The summed E-state index contributed by atoms with van der Waals surface area (Å²) in [5.74, 6) is 0.900. The van der Waals surface area contributed by atoms with Crippen molar-refractivity contribution in [1.82, 2.24) is 4.90 Å². The molecule has 2 N–H and O–H groups in total. The summed E-state index contributed by atoms with van der Waals surface area (Å²) in [5, 5.41) is 0. The van der Waals surface area contributed by atoms with Crippen molar-refractivity contribution in [3.63, 3.8) is 0 Å². The number of anilines is 1. The zero-order chi connectivity index (χ0) is 13.0. The average molecular weight is 246 g/mol. The van der Waals surface area contributed by atoms with Crippen molar-refractivity contribution in [2.45, 2.75) is 52.1 Å². The highest BCUT2D eigenvalue weighted by atomic mass is 15.1. The summed E-state index contributed by atoms with van der Waals surface area (Å²) >= 11 is 0. The molecule has 0 aromatic heterocycles. The maximum absolute atomic E-state index is 6.05. The topological polar surface area (TPSA) is 29.3 Å². The number of rotatable bonds is 5. The van der Waals surface area contributed by atoms with E-state index in [0.717, 1.165) is 18.2 Å². The van der Waals surface area contributed by atoms with Gasteiger partial charge >= 0.3 is 0 Å². The second kappa shape index (κ2) is 6.24. The summed E-state index contributed by atoms with van der Waals surface area (Å²) in [6.45, 7) is 6.79. The lowest BCUT2D eigenvalue weighted by atomic mass is 10.1. The van der Waals surface area contributed by atoms with E-state index in [0.29, 0.717) is 6.04 Å². The second-order valence-electron chi connectivity index (χ2n) is 5.87. The predicted molar refractivity (Wildman–Crippen MR) is 78.4 cm³/mol. The van der Waals surface area contributed by atoms with Crippen molar-refractivity contribution in [1.29, 1.82) is 0 Å². The van der Waals surface area contributed by atoms with E-state index in [9.17, 15) is 0 Å². The SMILES string of the molecule is CC(C)N(Cc1ccccc1N)CC1CCCC1. The van der Waals surface area contributed by atoms with Gasteiger partial charge in [-0.3, -0.25) is 4.90 Å². The Morgan fingerprint density at radius 2 is 1.89 bits per heavy atom. The number of hydrogen-bond acceptors (Lipinski definition) is 2. The van der Waals surface area contributed by atoms with Crippen LogP contribution in [0.4, 0.5) is 5.69 Å². The zero-order valence-corrected chi connectivity index (χ0v) is 11.7. The van der Waals surface area contributed by atoms with Gasteiger partial charge in [0.05, 0.1) is 0 Å². The summed E-state index contributed by atoms with van der Waals surface area (Å²) in [6, 6.07) is 8.84. The minimum atomic E-state index is 0.588. The van der Waals surface area contributed by atoms with Crippen LogP contribution in [-0.4, -0.2) is 17.5 Å². The lowest BCUT2D eigenvalue weighted by molar-refractivity contribution is 0.180. The van der Waals surface area contributed by atoms with E-state index in [4.69, 9.17) is 5.73 Å². The molecule has 1 fully saturated rings. The molecule has 0 saturated heterocycles. The number of hydrogen-bond donors (Lipinski definition) is 1. The highest BCUT2D eigenvalue weighted by molar-refractivity contribution is 5.46. The molecule has 2 nitrogen and oxygen atoms in total. The molecular weight excluding hydrogens is 220 g/mol. The molecule has 0 amide bonds. The Kier molecular flexibility index (Phi) is 4.65. The quantitative estimate of drug-likeness (QED) is 0.803. The van der Waals surface area contributed by atoms with Crippen LogP contribution in [0.15, 0.2) is 24.3 Å². The summed E-state index contributed by atoms with van der Waals surface area (Å²) in [4.78, 5) is 2.57. The molecule has 0 unspecified atom stereocenters. The van der Waals surface area contributed by atoms with E-state index in [2.05, 4.69) is 30.9 Å². The van der Waals surface area contributed by atoms with Crippen LogP contribution in [-0.2, 0) is 6.54 Å². The molecule has 18 heavy (non-hydrogen) atoms. The molecule has 0 radical (unpaired) electrons. The lowest BCUT2D eigenvalue weighted by Crippen LogP contribution is -2.34. The Hall–Kier alpha value is -1.02. The van der Waals surface area contributed by atoms with Crippen molar-refractivity contribution >= 4 is 5.69 Å². The number of nitrogens with two attached hydrogens (primary N) is 1. The lowest BCUT2D eigenvalue weighted by Gasteiger charge is -2.29. The van der Waals surface area contributed by atoms with Crippen LogP contribution in [0.2, 0.25) is 0 Å². The van der Waals surface area contributed by atoms with E-state index in [1.165, 1.54) is 37.8 Å². The predicted octanol–water partition coefficient (Wildman–Crippen LogP) is 3.67. The summed E-state index contributed by atoms with van der Waals surface area (Å²) in [7, 11) is 0. The molecule has 2 heteroatoms. The average Bonchev–Trinajstić information content (AvgIpc) is 2.83. The first kappa shape index (κ1) is 13.4. The second-order valence-corrected chi connectivity index (χ2v) is 5.87. The molecule has 0 spiro atoms.